The Bertz CT molecular complexity index is 914. The lowest BCUT2D eigenvalue weighted by atomic mass is 10.1. The summed E-state index contributed by atoms with van der Waals surface area (Å²) >= 11 is 6.24. The van der Waals surface area contributed by atoms with Gasteiger partial charge in [0.05, 0.1) is 5.54 Å². The predicted molar refractivity (Wildman–Crippen MR) is 141 cm³/mol. The largest absolute Gasteiger partial charge is 0.492 e. The van der Waals surface area contributed by atoms with Crippen LogP contribution in [0, 0.1) is 11.8 Å². The van der Waals surface area contributed by atoms with E-state index in [2.05, 4.69) is 57.5 Å². The van der Waals surface area contributed by atoms with Crippen LogP contribution in [0.2, 0.25) is 18.1 Å². The normalized spacial score (nSPS) is 12.9. The number of benzene rings is 1. The van der Waals surface area contributed by atoms with E-state index in [4.69, 9.17) is 20.8 Å². The van der Waals surface area contributed by atoms with E-state index in [-0.39, 0.29) is 10.1 Å². The van der Waals surface area contributed by atoms with Gasteiger partial charge in [0.2, 0.25) is 0 Å². The fraction of sp³-hybridized carbons (Fsp3) is 0.538. The molecule has 1 aromatic carbocycles. The molecule has 0 radical (unpaired) electrons. The Morgan fingerprint density at radius 2 is 1.73 bits per heavy atom. The zero-order chi connectivity index (χ0) is 25.4. The molecule has 0 unspecified atom stereocenters. The van der Waals surface area contributed by atoms with Crippen molar-refractivity contribution in [3.8, 4) is 11.8 Å². The molecule has 0 heterocycles. The number of hydrazone groups is 1. The van der Waals surface area contributed by atoms with Crippen molar-refractivity contribution in [3.05, 3.63) is 46.2 Å². The molecule has 0 aliphatic heterocycles. The number of amides is 1. The van der Waals surface area contributed by atoms with Crippen molar-refractivity contribution in [2.75, 3.05) is 6.61 Å². The van der Waals surface area contributed by atoms with Gasteiger partial charge in [-0.3, -0.25) is 4.79 Å². The van der Waals surface area contributed by atoms with E-state index >= 15 is 0 Å². The van der Waals surface area contributed by atoms with Gasteiger partial charge >= 0.3 is 0 Å². The first-order valence-electron chi connectivity index (χ1n) is 11.1. The van der Waals surface area contributed by atoms with Crippen LogP contribution in [0.25, 0.3) is 0 Å². The van der Waals surface area contributed by atoms with Crippen molar-refractivity contribution < 1.29 is 14.0 Å². The first-order chi connectivity index (χ1) is 15.1. The molecule has 33 heavy (non-hydrogen) atoms. The fourth-order valence-electron chi connectivity index (χ4n) is 2.50. The number of halogens is 1. The SMILES string of the molecule is C=NN(C(=O)/C(Cl)=C(\C)OCc1ccc(C#CCCO[Si](C)(C)C(C)(C)C)cc1)C(C)(C)C. The Kier molecular flexibility index (Phi) is 10.4. The molecule has 1 amide bonds. The van der Waals surface area contributed by atoms with Crippen LogP contribution in [-0.4, -0.2) is 38.1 Å². The fourth-order valence-corrected chi connectivity index (χ4v) is 3.68. The number of allylic oxidation sites excluding steroid dienone is 1. The monoisotopic (exact) mass is 490 g/mol. The number of hydrogen-bond donors (Lipinski definition) is 0. The van der Waals surface area contributed by atoms with Gasteiger partial charge < -0.3 is 9.16 Å². The quantitative estimate of drug-likeness (QED) is 0.0776. The first kappa shape index (κ1) is 29.0. The van der Waals surface area contributed by atoms with E-state index in [1.165, 1.54) is 5.01 Å². The molecule has 0 fully saturated rings. The van der Waals surface area contributed by atoms with E-state index in [1.54, 1.807) is 6.92 Å². The summed E-state index contributed by atoms with van der Waals surface area (Å²) in [5.74, 6) is 6.25. The lowest BCUT2D eigenvalue weighted by molar-refractivity contribution is -0.131. The molecule has 1 rings (SSSR count). The average Bonchev–Trinajstić information content (AvgIpc) is 2.70. The highest BCUT2D eigenvalue weighted by molar-refractivity contribution is 6.74. The summed E-state index contributed by atoms with van der Waals surface area (Å²) in [4.78, 5) is 12.6. The van der Waals surface area contributed by atoms with Gasteiger partial charge in [-0.05, 0) is 63.5 Å². The highest BCUT2D eigenvalue weighted by atomic mass is 35.5. The maximum atomic E-state index is 12.6. The van der Waals surface area contributed by atoms with Crippen molar-refractivity contribution in [2.24, 2.45) is 5.10 Å². The summed E-state index contributed by atoms with van der Waals surface area (Å²) in [5, 5.41) is 5.23. The van der Waals surface area contributed by atoms with Crippen molar-refractivity contribution in [3.63, 3.8) is 0 Å². The molecule has 0 aliphatic carbocycles. The minimum Gasteiger partial charge on any atom is -0.492 e. The number of nitrogens with zero attached hydrogens (tertiary/aromatic N) is 2. The standard InChI is InChI=1S/C26H39ClN2O3Si/c1-20(23(27)24(30)29(28-8)25(2,3)4)31-19-22-16-14-21(15-17-22)13-11-12-18-32-33(9,10)26(5,6)7/h14-17H,8,12,18-19H2,1-7,9-10H3/b23-20-. The second-order valence-corrected chi connectivity index (χ2v) is 15.6. The van der Waals surface area contributed by atoms with Crippen LogP contribution in [0.1, 0.15) is 66.0 Å². The average molecular weight is 491 g/mol. The Morgan fingerprint density at radius 1 is 1.15 bits per heavy atom. The molecular formula is C26H39ClN2O3Si. The van der Waals surface area contributed by atoms with Gasteiger partial charge in [-0.25, -0.2) is 5.01 Å². The zero-order valence-electron chi connectivity index (χ0n) is 21.6. The minimum atomic E-state index is -1.72. The molecule has 0 atom stereocenters. The van der Waals surface area contributed by atoms with Crippen LogP contribution < -0.4 is 0 Å². The van der Waals surface area contributed by atoms with E-state index in [1.807, 2.05) is 45.0 Å². The Labute approximate surface area is 206 Å². The van der Waals surface area contributed by atoms with E-state index in [0.29, 0.717) is 25.4 Å². The second-order valence-electron chi connectivity index (χ2n) is 10.4. The smallest absolute Gasteiger partial charge is 0.289 e. The zero-order valence-corrected chi connectivity index (χ0v) is 23.4. The molecule has 0 bridgehead atoms. The van der Waals surface area contributed by atoms with Gasteiger partial charge in [0.25, 0.3) is 5.91 Å². The van der Waals surface area contributed by atoms with E-state index in [9.17, 15) is 4.79 Å². The Balaban J connectivity index is 2.65. The maximum absolute atomic E-state index is 12.6. The van der Waals surface area contributed by atoms with Crippen LogP contribution in [0.4, 0.5) is 0 Å². The highest BCUT2D eigenvalue weighted by Crippen LogP contribution is 2.36. The third-order valence-corrected chi connectivity index (χ3v) is 10.6. The van der Waals surface area contributed by atoms with Crippen LogP contribution in [0.3, 0.4) is 0 Å². The summed E-state index contributed by atoms with van der Waals surface area (Å²) in [6.07, 6.45) is 0.707. The van der Waals surface area contributed by atoms with Crippen molar-refractivity contribution in [1.82, 2.24) is 5.01 Å². The van der Waals surface area contributed by atoms with Gasteiger partial charge in [0.15, 0.2) is 8.32 Å². The van der Waals surface area contributed by atoms with Crippen LogP contribution >= 0.6 is 11.6 Å². The summed E-state index contributed by atoms with van der Waals surface area (Å²) < 4.78 is 11.9. The summed E-state index contributed by atoms with van der Waals surface area (Å²) in [7, 11) is -1.72. The lowest BCUT2D eigenvalue weighted by Gasteiger charge is -2.35. The number of hydrogen-bond acceptors (Lipinski definition) is 4. The third kappa shape index (κ3) is 9.00. The van der Waals surface area contributed by atoms with Crippen molar-refractivity contribution >= 4 is 32.5 Å². The van der Waals surface area contributed by atoms with Gasteiger partial charge in [-0.15, -0.1) is 0 Å². The van der Waals surface area contributed by atoms with Crippen LogP contribution in [-0.2, 0) is 20.6 Å². The predicted octanol–water partition coefficient (Wildman–Crippen LogP) is 6.68. The molecule has 0 N–H and O–H groups in total. The van der Waals surface area contributed by atoms with Crippen LogP contribution in [0.15, 0.2) is 40.2 Å². The van der Waals surface area contributed by atoms with E-state index < -0.39 is 19.8 Å². The molecule has 1 aromatic rings. The second kappa shape index (κ2) is 11.9. The van der Waals surface area contributed by atoms with Gasteiger partial charge in [-0.1, -0.05) is 56.3 Å². The van der Waals surface area contributed by atoms with Gasteiger partial charge in [0.1, 0.15) is 17.4 Å². The lowest BCUT2D eigenvalue weighted by Crippen LogP contribution is -2.41. The number of carbonyl (C=O) groups is 1. The summed E-state index contributed by atoms with van der Waals surface area (Å²) in [6, 6.07) is 7.81. The van der Waals surface area contributed by atoms with Gasteiger partial charge in [-0.2, -0.15) is 5.10 Å². The molecular weight excluding hydrogens is 452 g/mol. The topological polar surface area (TPSA) is 51.1 Å². The number of rotatable bonds is 8. The molecule has 182 valence electrons. The highest BCUT2D eigenvalue weighted by Gasteiger charge is 2.36. The Hall–Kier alpha value is -2.07. The first-order valence-corrected chi connectivity index (χ1v) is 14.4. The molecule has 0 aromatic heterocycles. The van der Waals surface area contributed by atoms with Crippen molar-refractivity contribution in [2.45, 2.75) is 85.2 Å². The summed E-state index contributed by atoms with van der Waals surface area (Å²) in [6.45, 7) is 22.8. The molecule has 0 saturated heterocycles. The molecule has 0 spiro atoms. The van der Waals surface area contributed by atoms with Crippen LogP contribution in [0.5, 0.6) is 0 Å². The maximum Gasteiger partial charge on any atom is 0.289 e. The minimum absolute atomic E-state index is 0.0141. The molecule has 0 saturated carbocycles. The van der Waals surface area contributed by atoms with Crippen molar-refractivity contribution in [1.29, 1.82) is 0 Å². The Morgan fingerprint density at radius 3 is 2.21 bits per heavy atom. The number of carbonyl (C=O) groups excluding carboxylic acids is 1. The molecule has 5 nitrogen and oxygen atoms in total. The molecule has 7 heteroatoms. The third-order valence-electron chi connectivity index (χ3n) is 5.60. The number of ether oxygens (including phenoxy) is 1. The summed E-state index contributed by atoms with van der Waals surface area (Å²) in [5.41, 5.74) is 1.35. The van der Waals surface area contributed by atoms with E-state index in [0.717, 1.165) is 11.1 Å². The molecule has 0 aliphatic rings. The van der Waals surface area contributed by atoms with Gasteiger partial charge in [0, 0.05) is 25.3 Å².